The van der Waals surface area contributed by atoms with Gasteiger partial charge in [0.05, 0.1) is 4.90 Å². The van der Waals surface area contributed by atoms with Crippen molar-refractivity contribution in [1.29, 1.82) is 0 Å². The molecule has 0 heterocycles. The smallest absolute Gasteiger partial charge is 0.242 e. The maximum absolute atomic E-state index is 12.1. The number of benzene rings is 1. The van der Waals surface area contributed by atoms with Crippen molar-refractivity contribution >= 4 is 10.0 Å². The van der Waals surface area contributed by atoms with E-state index < -0.39 is 10.0 Å². The van der Waals surface area contributed by atoms with Gasteiger partial charge >= 0.3 is 0 Å². The Balaban J connectivity index is 3.06. The summed E-state index contributed by atoms with van der Waals surface area (Å²) >= 11 is 0. The Morgan fingerprint density at radius 3 is 2.50 bits per heavy atom. The molecule has 18 heavy (non-hydrogen) atoms. The van der Waals surface area contributed by atoms with E-state index in [4.69, 9.17) is 0 Å². The van der Waals surface area contributed by atoms with Gasteiger partial charge in [-0.1, -0.05) is 19.1 Å². The number of hydrogen-bond acceptors (Lipinski definition) is 3. The van der Waals surface area contributed by atoms with Gasteiger partial charge in [0.1, 0.15) is 0 Å². The predicted molar refractivity (Wildman–Crippen MR) is 74.0 cm³/mol. The summed E-state index contributed by atoms with van der Waals surface area (Å²) in [6.07, 6.45) is 1.06. The fourth-order valence-corrected chi connectivity index (χ4v) is 2.89. The van der Waals surface area contributed by atoms with Crippen molar-refractivity contribution in [3.63, 3.8) is 0 Å². The lowest BCUT2D eigenvalue weighted by Crippen LogP contribution is -2.24. The summed E-state index contributed by atoms with van der Waals surface area (Å²) < 4.78 is 25.5. The van der Waals surface area contributed by atoms with Crippen LogP contribution >= 0.6 is 0 Å². The molecule has 0 bridgehead atoms. The molecule has 4 nitrogen and oxygen atoms in total. The van der Waals surface area contributed by atoms with E-state index >= 15 is 0 Å². The second kappa shape index (κ2) is 6.31. The zero-order chi connectivity index (χ0) is 13.8. The van der Waals surface area contributed by atoms with Crippen molar-refractivity contribution in [2.75, 3.05) is 20.6 Å². The largest absolute Gasteiger partial charge is 0.313 e. The van der Waals surface area contributed by atoms with E-state index in [0.29, 0.717) is 11.4 Å². The Bertz CT molecular complexity index is 496. The number of nitrogens with zero attached hydrogens (tertiary/aromatic N) is 1. The van der Waals surface area contributed by atoms with Gasteiger partial charge < -0.3 is 5.32 Å². The van der Waals surface area contributed by atoms with Crippen LogP contribution < -0.4 is 5.32 Å². The molecule has 0 atom stereocenters. The van der Waals surface area contributed by atoms with Gasteiger partial charge in [0, 0.05) is 20.6 Å². The minimum absolute atomic E-state index is 0.392. The van der Waals surface area contributed by atoms with Gasteiger partial charge in [-0.3, -0.25) is 0 Å². The molecule has 0 radical (unpaired) electrons. The molecule has 0 unspecified atom stereocenters. The molecule has 1 rings (SSSR count). The van der Waals surface area contributed by atoms with Crippen molar-refractivity contribution in [1.82, 2.24) is 9.62 Å². The molecule has 1 aromatic carbocycles. The summed E-state index contributed by atoms with van der Waals surface area (Å²) in [7, 11) is -0.250. The highest BCUT2D eigenvalue weighted by Gasteiger charge is 2.20. The number of hydrogen-bond donors (Lipinski definition) is 1. The molecule has 0 saturated carbocycles. The number of sulfonamides is 1. The summed E-state index contributed by atoms with van der Waals surface area (Å²) in [5.41, 5.74) is 1.86. The van der Waals surface area contributed by atoms with Crippen molar-refractivity contribution in [3.05, 3.63) is 29.3 Å². The van der Waals surface area contributed by atoms with Crippen LogP contribution in [-0.4, -0.2) is 33.4 Å². The zero-order valence-electron chi connectivity index (χ0n) is 11.5. The van der Waals surface area contributed by atoms with Crippen LogP contribution in [0.3, 0.4) is 0 Å². The maximum Gasteiger partial charge on any atom is 0.242 e. The monoisotopic (exact) mass is 270 g/mol. The van der Waals surface area contributed by atoms with Crippen LogP contribution in [0.15, 0.2) is 23.1 Å². The standard InChI is InChI=1S/C13H22N2O2S/c1-5-9-14-10-12-7-6-8-13(11(12)2)18(16,17)15(3)4/h6-8,14H,5,9-10H2,1-4H3. The second-order valence-electron chi connectivity index (χ2n) is 4.50. The van der Waals surface area contributed by atoms with E-state index in [-0.39, 0.29) is 0 Å². The van der Waals surface area contributed by atoms with Crippen molar-refractivity contribution in [2.24, 2.45) is 0 Å². The average molecular weight is 270 g/mol. The summed E-state index contributed by atoms with van der Waals surface area (Å²) in [5, 5.41) is 3.29. The van der Waals surface area contributed by atoms with E-state index in [0.717, 1.165) is 24.1 Å². The van der Waals surface area contributed by atoms with Gasteiger partial charge in [-0.2, -0.15) is 0 Å². The van der Waals surface area contributed by atoms with Crippen LogP contribution in [0.4, 0.5) is 0 Å². The normalized spacial score (nSPS) is 12.1. The molecule has 0 fully saturated rings. The highest BCUT2D eigenvalue weighted by Crippen LogP contribution is 2.21. The molecular weight excluding hydrogens is 248 g/mol. The molecule has 0 aliphatic rings. The van der Waals surface area contributed by atoms with Crippen LogP contribution in [0, 0.1) is 6.92 Å². The van der Waals surface area contributed by atoms with E-state index in [9.17, 15) is 8.42 Å². The second-order valence-corrected chi connectivity index (χ2v) is 6.62. The van der Waals surface area contributed by atoms with Crippen molar-refractivity contribution < 1.29 is 8.42 Å². The molecule has 1 aromatic rings. The molecule has 102 valence electrons. The minimum atomic E-state index is -3.36. The zero-order valence-corrected chi connectivity index (χ0v) is 12.3. The topological polar surface area (TPSA) is 49.4 Å². The lowest BCUT2D eigenvalue weighted by atomic mass is 10.1. The highest BCUT2D eigenvalue weighted by molar-refractivity contribution is 7.89. The van der Waals surface area contributed by atoms with Gasteiger partial charge in [0.2, 0.25) is 10.0 Å². The fourth-order valence-electron chi connectivity index (χ4n) is 1.73. The Morgan fingerprint density at radius 2 is 1.94 bits per heavy atom. The van der Waals surface area contributed by atoms with Crippen LogP contribution in [0.2, 0.25) is 0 Å². The quantitative estimate of drug-likeness (QED) is 0.801. The Kier molecular flexibility index (Phi) is 5.31. The lowest BCUT2D eigenvalue weighted by molar-refractivity contribution is 0.520. The molecule has 0 aliphatic carbocycles. The van der Waals surface area contributed by atoms with Crippen molar-refractivity contribution in [3.8, 4) is 0 Å². The van der Waals surface area contributed by atoms with Gasteiger partial charge in [-0.15, -0.1) is 0 Å². The van der Waals surface area contributed by atoms with E-state index in [1.165, 1.54) is 4.31 Å². The maximum atomic E-state index is 12.1. The molecule has 5 heteroatoms. The first-order chi connectivity index (χ1) is 8.41. The van der Waals surface area contributed by atoms with Gasteiger partial charge in [0.25, 0.3) is 0 Å². The fraction of sp³-hybridized carbons (Fsp3) is 0.538. The summed E-state index contributed by atoms with van der Waals surface area (Å²) in [4.78, 5) is 0.392. The molecule has 0 aromatic heterocycles. The first-order valence-corrected chi connectivity index (χ1v) is 7.57. The van der Waals surface area contributed by atoms with E-state index in [2.05, 4.69) is 12.2 Å². The van der Waals surface area contributed by atoms with Gasteiger partial charge in [-0.05, 0) is 37.1 Å². The molecule has 0 aliphatic heterocycles. The SMILES string of the molecule is CCCNCc1cccc(S(=O)(=O)N(C)C)c1C. The Hall–Kier alpha value is -0.910. The molecule has 0 spiro atoms. The summed E-state index contributed by atoms with van der Waals surface area (Å²) in [5.74, 6) is 0. The Labute approximate surface area is 110 Å². The highest BCUT2D eigenvalue weighted by atomic mass is 32.2. The Morgan fingerprint density at radius 1 is 1.28 bits per heavy atom. The van der Waals surface area contributed by atoms with Crippen molar-refractivity contribution in [2.45, 2.75) is 31.7 Å². The van der Waals surface area contributed by atoms with Crippen LogP contribution in [0.1, 0.15) is 24.5 Å². The third kappa shape index (κ3) is 3.31. The van der Waals surface area contributed by atoms with Gasteiger partial charge in [-0.25, -0.2) is 12.7 Å². The third-order valence-corrected chi connectivity index (χ3v) is 4.86. The van der Waals surface area contributed by atoms with Crippen LogP contribution in [0.5, 0.6) is 0 Å². The van der Waals surface area contributed by atoms with E-state index in [1.807, 2.05) is 13.0 Å². The van der Waals surface area contributed by atoms with Gasteiger partial charge in [0.15, 0.2) is 0 Å². The van der Waals surface area contributed by atoms with Crippen LogP contribution in [-0.2, 0) is 16.6 Å². The molecule has 0 saturated heterocycles. The number of rotatable bonds is 6. The molecular formula is C13H22N2O2S. The first kappa shape index (κ1) is 15.1. The molecule has 1 N–H and O–H groups in total. The minimum Gasteiger partial charge on any atom is -0.313 e. The summed E-state index contributed by atoms with van der Waals surface area (Å²) in [6.45, 7) is 5.60. The third-order valence-electron chi connectivity index (χ3n) is 2.90. The number of nitrogens with one attached hydrogen (secondary N) is 1. The van der Waals surface area contributed by atoms with E-state index in [1.54, 1.807) is 26.2 Å². The average Bonchev–Trinajstić information content (AvgIpc) is 2.31. The lowest BCUT2D eigenvalue weighted by Gasteiger charge is -2.16. The first-order valence-electron chi connectivity index (χ1n) is 6.13. The predicted octanol–water partition coefficient (Wildman–Crippen LogP) is 1.74. The summed E-state index contributed by atoms with van der Waals surface area (Å²) in [6, 6.07) is 5.42. The van der Waals surface area contributed by atoms with Crippen LogP contribution in [0.25, 0.3) is 0 Å². The molecule has 0 amide bonds.